The molecule has 0 spiro atoms. The van der Waals surface area contributed by atoms with Gasteiger partial charge in [0.15, 0.2) is 5.96 Å². The van der Waals surface area contributed by atoms with Gasteiger partial charge in [0, 0.05) is 18.7 Å². The molecule has 1 atom stereocenters. The monoisotopic (exact) mass is 510 g/mol. The van der Waals surface area contributed by atoms with Gasteiger partial charge in [0.25, 0.3) is 0 Å². The van der Waals surface area contributed by atoms with Crippen molar-refractivity contribution in [1.29, 1.82) is 0 Å². The molecule has 1 unspecified atom stereocenters. The van der Waals surface area contributed by atoms with E-state index in [-0.39, 0.29) is 24.0 Å². The van der Waals surface area contributed by atoms with E-state index in [0.717, 1.165) is 24.6 Å². The number of rotatable bonds is 10. The van der Waals surface area contributed by atoms with Gasteiger partial charge in [-0.3, -0.25) is 4.79 Å². The minimum absolute atomic E-state index is 0. The van der Waals surface area contributed by atoms with Crippen molar-refractivity contribution < 1.29 is 9.53 Å². The first-order chi connectivity index (χ1) is 13.6. The van der Waals surface area contributed by atoms with Crippen LogP contribution in [-0.2, 0) is 17.9 Å². The van der Waals surface area contributed by atoms with Crippen LogP contribution in [0.1, 0.15) is 35.3 Å². The Balaban J connectivity index is 0.00000420. The van der Waals surface area contributed by atoms with Crippen LogP contribution >= 0.6 is 24.0 Å². The number of hydrogen-bond acceptors (Lipinski definition) is 3. The number of amides is 1. The fraction of sp³-hybridized carbons (Fsp3) is 0.364. The summed E-state index contributed by atoms with van der Waals surface area (Å²) < 4.78 is 5.79. The lowest BCUT2D eigenvalue weighted by atomic mass is 10.1. The van der Waals surface area contributed by atoms with Crippen LogP contribution in [0.4, 0.5) is 0 Å². The molecule has 0 heterocycles. The molecule has 0 aliphatic heterocycles. The van der Waals surface area contributed by atoms with Gasteiger partial charge in [-0.25, -0.2) is 4.99 Å². The summed E-state index contributed by atoms with van der Waals surface area (Å²) in [7, 11) is 0. The highest BCUT2D eigenvalue weighted by atomic mass is 127. The Labute approximate surface area is 190 Å². The zero-order valence-corrected chi connectivity index (χ0v) is 19.4. The van der Waals surface area contributed by atoms with Crippen LogP contribution in [0.3, 0.4) is 0 Å². The largest absolute Gasteiger partial charge is 0.376 e. The molecule has 2 rings (SSSR count). The fourth-order valence-electron chi connectivity index (χ4n) is 2.62. The first kappa shape index (κ1) is 24.9. The molecule has 1 amide bonds. The van der Waals surface area contributed by atoms with Crippen molar-refractivity contribution in [2.45, 2.75) is 27.0 Å². The number of aliphatic imine (C=N–C) groups is 1. The van der Waals surface area contributed by atoms with Gasteiger partial charge in [0.1, 0.15) is 0 Å². The highest BCUT2D eigenvalue weighted by molar-refractivity contribution is 14.0. The maximum atomic E-state index is 11.3. The number of halogens is 1. The number of hydrogen-bond donors (Lipinski definition) is 3. The van der Waals surface area contributed by atoms with E-state index in [2.05, 4.69) is 34.7 Å². The Hall–Kier alpha value is -2.13. The van der Waals surface area contributed by atoms with Gasteiger partial charge < -0.3 is 21.1 Å². The van der Waals surface area contributed by atoms with Crippen molar-refractivity contribution >= 4 is 35.8 Å². The van der Waals surface area contributed by atoms with Crippen LogP contribution in [0.2, 0.25) is 0 Å². The average molecular weight is 510 g/mol. The molecule has 6 nitrogen and oxygen atoms in total. The molecule has 0 bridgehead atoms. The number of carbonyl (C=O) groups excluding carboxylic acids is 1. The fourth-order valence-corrected chi connectivity index (χ4v) is 2.62. The summed E-state index contributed by atoms with van der Waals surface area (Å²) in [4.78, 5) is 15.9. The van der Waals surface area contributed by atoms with Crippen molar-refractivity contribution in [1.82, 2.24) is 10.6 Å². The molecule has 4 N–H and O–H groups in total. The molecular weight excluding hydrogens is 479 g/mol. The molecule has 0 fully saturated rings. The summed E-state index contributed by atoms with van der Waals surface area (Å²) in [5, 5.41) is 6.58. The molecule has 7 heteroatoms. The third-order valence-corrected chi connectivity index (χ3v) is 4.11. The van der Waals surface area contributed by atoms with E-state index in [1.54, 1.807) is 12.1 Å². The zero-order chi connectivity index (χ0) is 20.2. The topological polar surface area (TPSA) is 88.7 Å². The SMILES string of the molecule is CCNC(=NCc1cccc(C(N)=O)c1)NCC(C)COCc1ccccc1.I. The standard InChI is InChI=1S/C22H30N4O2.HI/c1-3-24-22(26-14-19-10-7-11-20(12-19)21(23)27)25-13-17(2)15-28-16-18-8-5-4-6-9-18;/h4-12,17H,3,13-16H2,1-2H3,(H2,23,27)(H2,24,25,26);1H. The highest BCUT2D eigenvalue weighted by Crippen LogP contribution is 2.06. The zero-order valence-electron chi connectivity index (χ0n) is 17.1. The van der Waals surface area contributed by atoms with Crippen molar-refractivity contribution in [2.24, 2.45) is 16.6 Å². The maximum Gasteiger partial charge on any atom is 0.248 e. The quantitative estimate of drug-likeness (QED) is 0.260. The van der Waals surface area contributed by atoms with E-state index in [1.807, 2.05) is 37.3 Å². The number of carbonyl (C=O) groups is 1. The molecular formula is C22H31IN4O2. The number of nitrogens with two attached hydrogens (primary N) is 1. The number of ether oxygens (including phenoxy) is 1. The predicted octanol–water partition coefficient (Wildman–Crippen LogP) is 3.31. The molecule has 158 valence electrons. The molecule has 0 aliphatic carbocycles. The highest BCUT2D eigenvalue weighted by Gasteiger charge is 2.06. The van der Waals surface area contributed by atoms with E-state index in [1.165, 1.54) is 5.56 Å². The van der Waals surface area contributed by atoms with Crippen molar-refractivity contribution in [3.05, 3.63) is 71.3 Å². The molecule has 0 radical (unpaired) electrons. The second-order valence-electron chi connectivity index (χ2n) is 6.75. The second-order valence-corrected chi connectivity index (χ2v) is 6.75. The minimum Gasteiger partial charge on any atom is -0.376 e. The minimum atomic E-state index is -0.430. The summed E-state index contributed by atoms with van der Waals surface area (Å²) in [6.07, 6.45) is 0. The first-order valence-corrected chi connectivity index (χ1v) is 9.61. The molecule has 0 saturated heterocycles. The maximum absolute atomic E-state index is 11.3. The molecule has 0 saturated carbocycles. The van der Waals surface area contributed by atoms with Crippen molar-refractivity contribution in [3.8, 4) is 0 Å². The number of primary amides is 1. The van der Waals surface area contributed by atoms with Crippen LogP contribution in [0.15, 0.2) is 59.6 Å². The van der Waals surface area contributed by atoms with Gasteiger partial charge >= 0.3 is 0 Å². The summed E-state index contributed by atoms with van der Waals surface area (Å²) in [5.74, 6) is 0.646. The van der Waals surface area contributed by atoms with Crippen LogP contribution in [-0.4, -0.2) is 31.6 Å². The van der Waals surface area contributed by atoms with Gasteiger partial charge in [-0.2, -0.15) is 0 Å². The van der Waals surface area contributed by atoms with E-state index in [0.29, 0.717) is 31.2 Å². The first-order valence-electron chi connectivity index (χ1n) is 9.61. The Kier molecular flexibility index (Phi) is 12.0. The van der Waals surface area contributed by atoms with Crippen molar-refractivity contribution in [2.75, 3.05) is 19.7 Å². The lowest BCUT2D eigenvalue weighted by molar-refractivity contribution is 0.0931. The van der Waals surface area contributed by atoms with Crippen LogP contribution in [0.5, 0.6) is 0 Å². The Morgan fingerprint density at radius 3 is 2.52 bits per heavy atom. The smallest absolute Gasteiger partial charge is 0.248 e. The van der Waals surface area contributed by atoms with Gasteiger partial charge in [0.2, 0.25) is 5.91 Å². The van der Waals surface area contributed by atoms with Crippen LogP contribution < -0.4 is 16.4 Å². The average Bonchev–Trinajstić information content (AvgIpc) is 2.71. The van der Waals surface area contributed by atoms with E-state index in [4.69, 9.17) is 10.5 Å². The number of nitrogens with zero attached hydrogens (tertiary/aromatic N) is 1. The number of nitrogens with one attached hydrogen (secondary N) is 2. The van der Waals surface area contributed by atoms with E-state index in [9.17, 15) is 4.79 Å². The molecule has 2 aromatic carbocycles. The molecule has 29 heavy (non-hydrogen) atoms. The Morgan fingerprint density at radius 2 is 1.83 bits per heavy atom. The van der Waals surface area contributed by atoms with Gasteiger partial charge in [0.05, 0.1) is 19.8 Å². The van der Waals surface area contributed by atoms with Crippen molar-refractivity contribution in [3.63, 3.8) is 0 Å². The van der Waals surface area contributed by atoms with Crippen LogP contribution in [0.25, 0.3) is 0 Å². The summed E-state index contributed by atoms with van der Waals surface area (Å²) in [6, 6.07) is 17.4. The Morgan fingerprint density at radius 1 is 1.10 bits per heavy atom. The van der Waals surface area contributed by atoms with Gasteiger partial charge in [-0.15, -0.1) is 24.0 Å². The summed E-state index contributed by atoms with van der Waals surface area (Å²) in [6.45, 7) is 7.44. The third-order valence-electron chi connectivity index (χ3n) is 4.11. The van der Waals surface area contributed by atoms with Gasteiger partial charge in [-0.05, 0) is 36.1 Å². The molecule has 2 aromatic rings. The number of guanidine groups is 1. The summed E-state index contributed by atoms with van der Waals surface area (Å²) in [5.41, 5.74) is 7.94. The van der Waals surface area contributed by atoms with E-state index >= 15 is 0 Å². The molecule has 0 aromatic heterocycles. The summed E-state index contributed by atoms with van der Waals surface area (Å²) >= 11 is 0. The lowest BCUT2D eigenvalue weighted by Gasteiger charge is -2.16. The number of benzene rings is 2. The Bertz CT molecular complexity index is 768. The predicted molar refractivity (Wildman–Crippen MR) is 128 cm³/mol. The lowest BCUT2D eigenvalue weighted by Crippen LogP contribution is -2.40. The molecule has 0 aliphatic rings. The normalized spacial score (nSPS) is 12.0. The second kappa shape index (κ2) is 13.9. The van der Waals surface area contributed by atoms with E-state index < -0.39 is 5.91 Å². The van der Waals surface area contributed by atoms with Gasteiger partial charge in [-0.1, -0.05) is 49.4 Å². The third kappa shape index (κ3) is 9.76. The van der Waals surface area contributed by atoms with Crippen LogP contribution in [0, 0.1) is 5.92 Å².